The summed E-state index contributed by atoms with van der Waals surface area (Å²) in [6, 6.07) is 18.7. The van der Waals surface area contributed by atoms with Crippen LogP contribution in [0.1, 0.15) is 17.0 Å². The van der Waals surface area contributed by atoms with Crippen molar-refractivity contribution in [3.8, 4) is 5.69 Å². The van der Waals surface area contributed by atoms with Crippen molar-refractivity contribution in [2.75, 3.05) is 5.32 Å². The molecule has 3 aromatic rings. The molecule has 0 saturated heterocycles. The van der Waals surface area contributed by atoms with Crippen LogP contribution in [0.4, 0.5) is 10.5 Å². The highest BCUT2D eigenvalue weighted by molar-refractivity contribution is 5.90. The maximum Gasteiger partial charge on any atom is 0.339 e. The average molecular weight is 333 g/mol. The van der Waals surface area contributed by atoms with Crippen LogP contribution in [-0.4, -0.2) is 22.0 Å². The van der Waals surface area contributed by atoms with Gasteiger partial charge < -0.3 is 5.32 Å². The van der Waals surface area contributed by atoms with Crippen LogP contribution in [0.15, 0.2) is 65.8 Å². The quantitative estimate of drug-likeness (QED) is 0.565. The summed E-state index contributed by atoms with van der Waals surface area (Å²) in [5, 5.41) is 11.3. The number of para-hydroxylation sites is 2. The minimum atomic E-state index is -0.395. The highest BCUT2D eigenvalue weighted by atomic mass is 16.2. The molecule has 0 saturated carbocycles. The van der Waals surface area contributed by atoms with Gasteiger partial charge in [-0.3, -0.25) is 0 Å². The van der Waals surface area contributed by atoms with Crippen LogP contribution < -0.4 is 10.7 Å². The highest BCUT2D eigenvalue weighted by Crippen LogP contribution is 2.16. The first kappa shape index (κ1) is 16.4. The largest absolute Gasteiger partial charge is 0.339 e. The molecule has 126 valence electrons. The molecule has 2 aromatic carbocycles. The van der Waals surface area contributed by atoms with Crippen LogP contribution in [0.25, 0.3) is 5.69 Å². The molecule has 2 amide bonds. The van der Waals surface area contributed by atoms with Crippen molar-refractivity contribution in [2.24, 2.45) is 5.10 Å². The maximum absolute atomic E-state index is 11.8. The van der Waals surface area contributed by atoms with Gasteiger partial charge in [0, 0.05) is 11.3 Å². The first-order valence-electron chi connectivity index (χ1n) is 7.92. The fourth-order valence-electron chi connectivity index (χ4n) is 2.50. The Morgan fingerprint density at radius 1 is 1.04 bits per heavy atom. The predicted octanol–water partition coefficient (Wildman–Crippen LogP) is 3.64. The van der Waals surface area contributed by atoms with Gasteiger partial charge in [-0.05, 0) is 38.1 Å². The molecular formula is C19H19N5O. The van der Waals surface area contributed by atoms with Gasteiger partial charge in [0.15, 0.2) is 0 Å². The summed E-state index contributed by atoms with van der Waals surface area (Å²) in [6.45, 7) is 3.89. The maximum atomic E-state index is 11.8. The molecule has 0 fully saturated rings. The first-order chi connectivity index (χ1) is 12.1. The van der Waals surface area contributed by atoms with Gasteiger partial charge in [0.2, 0.25) is 0 Å². The number of carbonyl (C=O) groups excluding carboxylic acids is 1. The van der Waals surface area contributed by atoms with Gasteiger partial charge in [0.05, 0.1) is 23.3 Å². The predicted molar refractivity (Wildman–Crippen MR) is 99.2 cm³/mol. The monoisotopic (exact) mass is 333 g/mol. The third kappa shape index (κ3) is 3.92. The van der Waals surface area contributed by atoms with E-state index in [2.05, 4.69) is 20.9 Å². The van der Waals surface area contributed by atoms with E-state index in [1.807, 2.05) is 79.2 Å². The number of anilines is 1. The SMILES string of the molecule is Cc1nn(-c2ccccc2)c(C)c1/C=N\NC(=O)Nc1ccccc1. The zero-order chi connectivity index (χ0) is 17.6. The number of amides is 2. The molecule has 1 aromatic heterocycles. The molecule has 0 aliphatic heterocycles. The van der Waals surface area contributed by atoms with Crippen molar-refractivity contribution in [1.82, 2.24) is 15.2 Å². The minimum Gasteiger partial charge on any atom is -0.307 e. The van der Waals surface area contributed by atoms with E-state index in [0.29, 0.717) is 5.69 Å². The molecule has 2 N–H and O–H groups in total. The third-order valence-corrected chi connectivity index (χ3v) is 3.74. The van der Waals surface area contributed by atoms with Gasteiger partial charge in [-0.15, -0.1) is 0 Å². The highest BCUT2D eigenvalue weighted by Gasteiger charge is 2.11. The van der Waals surface area contributed by atoms with Crippen molar-refractivity contribution in [3.05, 3.63) is 77.6 Å². The van der Waals surface area contributed by atoms with Crippen LogP contribution in [-0.2, 0) is 0 Å². The van der Waals surface area contributed by atoms with E-state index in [1.54, 1.807) is 6.21 Å². The second-order valence-electron chi connectivity index (χ2n) is 5.52. The zero-order valence-electron chi connectivity index (χ0n) is 14.1. The Bertz CT molecular complexity index is 885. The molecule has 0 spiro atoms. The first-order valence-corrected chi connectivity index (χ1v) is 7.92. The number of rotatable bonds is 4. The second-order valence-corrected chi connectivity index (χ2v) is 5.52. The van der Waals surface area contributed by atoms with Crippen molar-refractivity contribution in [2.45, 2.75) is 13.8 Å². The molecule has 0 atom stereocenters. The summed E-state index contributed by atoms with van der Waals surface area (Å²) in [7, 11) is 0. The molecule has 0 aliphatic carbocycles. The topological polar surface area (TPSA) is 71.3 Å². The van der Waals surface area contributed by atoms with E-state index in [4.69, 9.17) is 0 Å². The Morgan fingerprint density at radius 3 is 2.36 bits per heavy atom. The summed E-state index contributed by atoms with van der Waals surface area (Å²) in [6.07, 6.45) is 1.61. The van der Waals surface area contributed by atoms with E-state index in [9.17, 15) is 4.79 Å². The smallest absolute Gasteiger partial charge is 0.307 e. The summed E-state index contributed by atoms with van der Waals surface area (Å²) in [5.41, 5.74) is 6.83. The molecule has 0 radical (unpaired) electrons. The van der Waals surface area contributed by atoms with Gasteiger partial charge in [-0.2, -0.15) is 10.2 Å². The number of hydrogen-bond donors (Lipinski definition) is 2. The molecule has 3 rings (SSSR count). The second kappa shape index (κ2) is 7.44. The van der Waals surface area contributed by atoms with Crippen LogP contribution in [0, 0.1) is 13.8 Å². The molecule has 1 heterocycles. The fourth-order valence-corrected chi connectivity index (χ4v) is 2.50. The lowest BCUT2D eigenvalue weighted by Gasteiger charge is -2.04. The number of carbonyl (C=O) groups is 1. The fraction of sp³-hybridized carbons (Fsp3) is 0.105. The Morgan fingerprint density at radius 2 is 1.68 bits per heavy atom. The van der Waals surface area contributed by atoms with Gasteiger partial charge >= 0.3 is 6.03 Å². The normalized spacial score (nSPS) is 10.8. The Labute approximate surface area is 146 Å². The molecule has 0 aliphatic rings. The lowest BCUT2D eigenvalue weighted by atomic mass is 10.2. The van der Waals surface area contributed by atoms with E-state index in [0.717, 1.165) is 22.6 Å². The average Bonchev–Trinajstić information content (AvgIpc) is 2.91. The molecule has 25 heavy (non-hydrogen) atoms. The molecule has 6 heteroatoms. The lowest BCUT2D eigenvalue weighted by molar-refractivity contribution is 0.252. The zero-order valence-corrected chi connectivity index (χ0v) is 14.1. The number of hydrazone groups is 1. The van der Waals surface area contributed by atoms with E-state index < -0.39 is 6.03 Å². The van der Waals surface area contributed by atoms with E-state index in [-0.39, 0.29) is 0 Å². The van der Waals surface area contributed by atoms with Crippen LogP contribution >= 0.6 is 0 Å². The summed E-state index contributed by atoms with van der Waals surface area (Å²) >= 11 is 0. The summed E-state index contributed by atoms with van der Waals surface area (Å²) in [4.78, 5) is 11.8. The van der Waals surface area contributed by atoms with Gasteiger partial charge in [0.25, 0.3) is 0 Å². The number of urea groups is 1. The van der Waals surface area contributed by atoms with Crippen molar-refractivity contribution >= 4 is 17.9 Å². The van der Waals surface area contributed by atoms with E-state index in [1.165, 1.54) is 0 Å². The molecular weight excluding hydrogens is 314 g/mol. The summed E-state index contributed by atoms with van der Waals surface area (Å²) < 4.78 is 1.86. The third-order valence-electron chi connectivity index (χ3n) is 3.74. The van der Waals surface area contributed by atoms with Crippen molar-refractivity contribution in [3.63, 3.8) is 0 Å². The summed E-state index contributed by atoms with van der Waals surface area (Å²) in [5.74, 6) is 0. The number of hydrogen-bond acceptors (Lipinski definition) is 3. The number of nitrogens with one attached hydrogen (secondary N) is 2. The lowest BCUT2D eigenvalue weighted by Crippen LogP contribution is -2.24. The van der Waals surface area contributed by atoms with Crippen molar-refractivity contribution < 1.29 is 4.79 Å². The van der Waals surface area contributed by atoms with Gasteiger partial charge in [-0.1, -0.05) is 36.4 Å². The van der Waals surface area contributed by atoms with Crippen LogP contribution in [0.3, 0.4) is 0 Å². The van der Waals surface area contributed by atoms with Gasteiger partial charge in [0.1, 0.15) is 0 Å². The Kier molecular flexibility index (Phi) is 4.89. The Balaban J connectivity index is 1.70. The molecule has 0 unspecified atom stereocenters. The number of nitrogens with zero attached hydrogens (tertiary/aromatic N) is 3. The number of aromatic nitrogens is 2. The number of benzene rings is 2. The Hall–Kier alpha value is -3.41. The van der Waals surface area contributed by atoms with Crippen molar-refractivity contribution in [1.29, 1.82) is 0 Å². The standard InChI is InChI=1S/C19H19N5O/c1-14-18(15(2)24(23-14)17-11-7-4-8-12-17)13-20-22-19(25)21-16-9-5-3-6-10-16/h3-13H,1-2H3,(H2,21,22,25)/b20-13-. The minimum absolute atomic E-state index is 0.395. The van der Waals surface area contributed by atoms with Gasteiger partial charge in [-0.25, -0.2) is 14.9 Å². The van der Waals surface area contributed by atoms with Crippen LogP contribution in [0.5, 0.6) is 0 Å². The molecule has 0 bridgehead atoms. The van der Waals surface area contributed by atoms with E-state index >= 15 is 0 Å². The number of aryl methyl sites for hydroxylation is 1. The van der Waals surface area contributed by atoms with Crippen LogP contribution in [0.2, 0.25) is 0 Å². The molecule has 6 nitrogen and oxygen atoms in total.